The summed E-state index contributed by atoms with van der Waals surface area (Å²) in [4.78, 5) is 42.7. The third kappa shape index (κ3) is 73.3. The van der Waals surface area contributed by atoms with E-state index in [0.29, 0.717) is 74.1 Å². The van der Waals surface area contributed by atoms with Gasteiger partial charge in [0.25, 0.3) is 11.8 Å². The quantitative estimate of drug-likeness (QED) is 0.0374. The summed E-state index contributed by atoms with van der Waals surface area (Å²) in [7, 11) is 0. The van der Waals surface area contributed by atoms with Crippen LogP contribution in [0, 0.1) is 0 Å². The number of amides is 4. The molecule has 2 aromatic carbocycles. The fourth-order valence-electron chi connectivity index (χ4n) is 17.4. The molecule has 13 heteroatoms. The molecule has 0 heterocycles. The number of ether oxygens (including phenoxy) is 6. The van der Waals surface area contributed by atoms with Crippen LogP contribution < -0.4 is 50.1 Å². The highest BCUT2D eigenvalue weighted by Crippen LogP contribution is 2.42. The van der Waals surface area contributed by atoms with Crippen LogP contribution in [0.4, 0.5) is 4.79 Å². The van der Waals surface area contributed by atoms with Crippen LogP contribution in [0.1, 0.15) is 602 Å². The van der Waals surface area contributed by atoms with Crippen LogP contribution in [0.25, 0.3) is 0 Å². The molecule has 0 atom stereocenters. The first-order valence-corrected chi connectivity index (χ1v) is 55.1. The van der Waals surface area contributed by atoms with Gasteiger partial charge in [0.15, 0.2) is 23.0 Å². The highest BCUT2D eigenvalue weighted by molar-refractivity contribution is 5.98. The Morgan fingerprint density at radius 1 is 0.169 bits per heavy atom. The number of hydrogen-bond acceptors (Lipinski definition) is 9. The van der Waals surface area contributed by atoms with Gasteiger partial charge in [0.1, 0.15) is 0 Å². The third-order valence-electron chi connectivity index (χ3n) is 25.7. The van der Waals surface area contributed by atoms with E-state index in [9.17, 15) is 14.4 Å². The Bertz CT molecular complexity index is 2320. The van der Waals surface area contributed by atoms with E-state index < -0.39 is 17.8 Å². The number of benzene rings is 2. The van der Waals surface area contributed by atoms with Crippen molar-refractivity contribution in [1.29, 1.82) is 0 Å². The molecule has 724 valence electrons. The zero-order valence-electron chi connectivity index (χ0n) is 83.1. The molecular weight excluding hydrogens is 1530 g/mol. The van der Waals surface area contributed by atoms with Gasteiger partial charge in [-0.1, -0.05) is 542 Å². The molecule has 2 rings (SSSR count). The van der Waals surface area contributed by atoms with Crippen molar-refractivity contribution in [2.45, 2.75) is 581 Å². The van der Waals surface area contributed by atoms with Gasteiger partial charge in [-0.05, 0) is 62.8 Å². The molecule has 0 aliphatic heterocycles. The third-order valence-corrected chi connectivity index (χ3v) is 25.7. The lowest BCUT2D eigenvalue weighted by Crippen LogP contribution is -2.52. The minimum Gasteiger partial charge on any atom is -0.490 e. The van der Waals surface area contributed by atoms with Crippen molar-refractivity contribution in [3.63, 3.8) is 0 Å². The molecule has 0 unspecified atom stereocenters. The summed E-state index contributed by atoms with van der Waals surface area (Å²) < 4.78 is 40.1. The highest BCUT2D eigenvalue weighted by atomic mass is 16.5. The van der Waals surface area contributed by atoms with E-state index in [0.717, 1.165) is 103 Å². The van der Waals surface area contributed by atoms with Crippen molar-refractivity contribution in [2.24, 2.45) is 0 Å². The van der Waals surface area contributed by atoms with E-state index in [1.54, 1.807) is 24.3 Å². The van der Waals surface area contributed by atoms with E-state index in [4.69, 9.17) is 28.4 Å². The maximum Gasteiger partial charge on any atom is 0.352 e. The zero-order chi connectivity index (χ0) is 88.9. The summed E-state index contributed by atoms with van der Waals surface area (Å²) in [5.74, 6) is 1.82. The average Bonchev–Trinajstić information content (AvgIpc) is 0.819. The van der Waals surface area contributed by atoms with Gasteiger partial charge in [-0.15, -0.1) is 0 Å². The second-order valence-electron chi connectivity index (χ2n) is 37.8. The Hall–Kier alpha value is -4.55. The largest absolute Gasteiger partial charge is 0.490 e. The first-order valence-electron chi connectivity index (χ1n) is 55.1. The molecule has 2 aromatic rings. The van der Waals surface area contributed by atoms with E-state index in [-0.39, 0.29) is 11.1 Å². The van der Waals surface area contributed by atoms with Crippen LogP contribution in [0.5, 0.6) is 34.5 Å². The summed E-state index contributed by atoms with van der Waals surface area (Å²) in [6.45, 7) is 16.7. The molecule has 4 N–H and O–H groups in total. The number of urea groups is 1. The predicted octanol–water partition coefficient (Wildman–Crippen LogP) is 36.1. The van der Waals surface area contributed by atoms with E-state index in [1.165, 1.54) is 437 Å². The molecule has 124 heavy (non-hydrogen) atoms. The summed E-state index contributed by atoms with van der Waals surface area (Å²) in [5.41, 5.74) is 10.8. The van der Waals surface area contributed by atoms with Gasteiger partial charge in [0.05, 0.1) is 39.6 Å². The normalized spacial score (nSPS) is 11.4. The molecule has 0 spiro atoms. The van der Waals surface area contributed by atoms with E-state index in [2.05, 4.69) is 63.2 Å². The topological polar surface area (TPSA) is 155 Å². The lowest BCUT2D eigenvalue weighted by molar-refractivity contribution is 0.0927. The Morgan fingerprint density at radius 2 is 0.290 bits per heavy atom. The number of unbranched alkanes of at least 4 members (excludes halogenated alkanes) is 78. The molecule has 0 aliphatic carbocycles. The number of hydrazine groups is 2. The molecule has 4 amide bonds. The summed E-state index contributed by atoms with van der Waals surface area (Å²) in [5, 5.41) is 0. The zero-order valence-corrected chi connectivity index (χ0v) is 83.1. The van der Waals surface area contributed by atoms with Gasteiger partial charge in [-0.2, -0.15) is 0 Å². The van der Waals surface area contributed by atoms with Crippen LogP contribution in [0.2, 0.25) is 0 Å². The molecule has 0 fully saturated rings. The lowest BCUT2D eigenvalue weighted by atomic mass is 10.0. The van der Waals surface area contributed by atoms with Crippen LogP contribution in [0.3, 0.4) is 0 Å². The number of nitrogens with one attached hydrogen (secondary N) is 4. The second-order valence-corrected chi connectivity index (χ2v) is 37.8. The molecular formula is C111H206N4O9. The maximum atomic E-state index is 14.5. The van der Waals surface area contributed by atoms with Gasteiger partial charge >= 0.3 is 6.03 Å². The molecule has 13 nitrogen and oxygen atoms in total. The monoisotopic (exact) mass is 1740 g/mol. The molecule has 0 aromatic heterocycles. The van der Waals surface area contributed by atoms with Crippen molar-refractivity contribution in [3.8, 4) is 34.5 Å². The van der Waals surface area contributed by atoms with Gasteiger partial charge in [0, 0.05) is 11.1 Å². The summed E-state index contributed by atoms with van der Waals surface area (Å²) >= 11 is 0. The highest BCUT2D eigenvalue weighted by Gasteiger charge is 2.23. The smallest absolute Gasteiger partial charge is 0.352 e. The number of carbonyl (C=O) groups is 3. The van der Waals surface area contributed by atoms with Gasteiger partial charge in [-0.3, -0.25) is 20.4 Å². The summed E-state index contributed by atoms with van der Waals surface area (Å²) in [6.07, 6.45) is 107. The standard InChI is InChI=1S/C111H206N4O9/c1-7-13-19-25-31-37-43-49-55-61-67-73-79-85-91-119-103-97-101(98-104(120-92-86-80-74-68-62-56-50-44-38-32-26-20-14-8-2)107(103)123-95-89-83-77-71-65-59-53-47-41-35-29-23-17-11-5)109(116)112-114-111(118)115-113-110(117)102-99-105(121-93-87-81-75-69-63-57-51-45-39-33-27-21-15-9-3)108(124-96-90-84-78-72-66-60-54-48-42-36-30-24-18-12-6)106(100-102)122-94-88-82-76-70-64-58-52-46-40-34-28-22-16-10-4/h97-100H,7-96H2,1-6H3,(H,112,116)(H,113,117)(H2,114,115,118). The lowest BCUT2D eigenvalue weighted by Gasteiger charge is -2.19. The van der Waals surface area contributed by atoms with E-state index in [1.807, 2.05) is 0 Å². The molecule has 0 saturated carbocycles. The Morgan fingerprint density at radius 3 is 0.427 bits per heavy atom. The predicted molar refractivity (Wildman–Crippen MR) is 534 cm³/mol. The van der Waals surface area contributed by atoms with Crippen LogP contribution in [-0.4, -0.2) is 57.5 Å². The Labute approximate surface area is 768 Å². The Balaban J connectivity index is 2.38. The van der Waals surface area contributed by atoms with Crippen molar-refractivity contribution >= 4 is 17.8 Å². The minimum absolute atomic E-state index is 0.259. The van der Waals surface area contributed by atoms with Crippen LogP contribution in [0.15, 0.2) is 24.3 Å². The van der Waals surface area contributed by atoms with Gasteiger partial charge < -0.3 is 28.4 Å². The van der Waals surface area contributed by atoms with Crippen molar-refractivity contribution in [2.75, 3.05) is 39.6 Å². The second kappa shape index (κ2) is 93.1. The average molecular weight is 1740 g/mol. The molecule has 0 bridgehead atoms. The Kier molecular flexibility index (Phi) is 86.8. The fraction of sp³-hybridized carbons (Fsp3) is 0.865. The fourth-order valence-corrected chi connectivity index (χ4v) is 17.4. The molecule has 0 aliphatic rings. The van der Waals surface area contributed by atoms with Crippen molar-refractivity contribution < 1.29 is 42.8 Å². The summed E-state index contributed by atoms with van der Waals surface area (Å²) in [6, 6.07) is 6.09. The molecule has 0 radical (unpaired) electrons. The maximum absolute atomic E-state index is 14.5. The molecule has 0 saturated heterocycles. The van der Waals surface area contributed by atoms with E-state index >= 15 is 0 Å². The number of carbonyl (C=O) groups excluding carboxylic acids is 3. The first kappa shape index (κ1) is 116. The van der Waals surface area contributed by atoms with Crippen molar-refractivity contribution in [3.05, 3.63) is 35.4 Å². The van der Waals surface area contributed by atoms with Crippen LogP contribution >= 0.6 is 0 Å². The number of rotatable bonds is 98. The van der Waals surface area contributed by atoms with Gasteiger partial charge in [0.2, 0.25) is 11.5 Å². The van der Waals surface area contributed by atoms with Gasteiger partial charge in [-0.25, -0.2) is 15.6 Å². The minimum atomic E-state index is -0.824. The van der Waals surface area contributed by atoms with Crippen molar-refractivity contribution in [1.82, 2.24) is 21.7 Å². The number of hydrogen-bond donors (Lipinski definition) is 4. The van der Waals surface area contributed by atoms with Crippen LogP contribution in [-0.2, 0) is 0 Å². The SMILES string of the molecule is CCCCCCCCCCCCCCCCOc1cc(C(=O)NNC(=O)NNC(=O)c2cc(OCCCCCCCCCCCCCCCC)c(OCCCCCCCCCCCCCCCC)c(OCCCCCCCCCCCCCCCC)c2)cc(OCCCCCCCCCCCCCCCC)c1OCCCCCCCCCCCCCCCC. The first-order chi connectivity index (χ1) is 61.3.